The van der Waals surface area contributed by atoms with Gasteiger partial charge in [0.25, 0.3) is 0 Å². The van der Waals surface area contributed by atoms with Crippen LogP contribution >= 0.6 is 23.2 Å². The van der Waals surface area contributed by atoms with Crippen LogP contribution in [0, 0.1) is 5.41 Å². The van der Waals surface area contributed by atoms with E-state index in [-0.39, 0.29) is 5.41 Å². The summed E-state index contributed by atoms with van der Waals surface area (Å²) >= 11 is 11.8. The third-order valence-electron chi connectivity index (χ3n) is 2.22. The van der Waals surface area contributed by atoms with Gasteiger partial charge in [0.1, 0.15) is 0 Å². The van der Waals surface area contributed by atoms with Gasteiger partial charge in [-0.05, 0) is 29.5 Å². The van der Waals surface area contributed by atoms with Crippen molar-refractivity contribution in [1.82, 2.24) is 5.48 Å². The van der Waals surface area contributed by atoms with Crippen molar-refractivity contribution in [2.45, 2.75) is 20.3 Å². The minimum absolute atomic E-state index is 0.0219. The minimum Gasteiger partial charge on any atom is -0.317 e. The van der Waals surface area contributed by atoms with Crippen LogP contribution in [0.1, 0.15) is 19.4 Å². The zero-order valence-electron chi connectivity index (χ0n) is 8.85. The van der Waals surface area contributed by atoms with Gasteiger partial charge in [0.15, 0.2) is 0 Å². The van der Waals surface area contributed by atoms with Gasteiger partial charge in [-0.2, -0.15) is 0 Å². The van der Waals surface area contributed by atoms with Crippen LogP contribution in [0.2, 0.25) is 10.0 Å². The van der Waals surface area contributed by atoms with Gasteiger partial charge in [0.05, 0.1) is 10.0 Å². The van der Waals surface area contributed by atoms with Crippen molar-refractivity contribution in [3.63, 3.8) is 0 Å². The summed E-state index contributed by atoms with van der Waals surface area (Å²) in [6.45, 7) is 4.67. The molecule has 2 nitrogen and oxygen atoms in total. The Morgan fingerprint density at radius 2 is 1.93 bits per heavy atom. The first-order valence-corrected chi connectivity index (χ1v) is 5.51. The summed E-state index contributed by atoms with van der Waals surface area (Å²) in [6.07, 6.45) is 0.831. The van der Waals surface area contributed by atoms with E-state index >= 15 is 0 Å². The number of benzene rings is 1. The number of rotatable bonds is 4. The lowest BCUT2D eigenvalue weighted by atomic mass is 9.86. The summed E-state index contributed by atoms with van der Waals surface area (Å²) in [5.41, 5.74) is 3.29. The van der Waals surface area contributed by atoms with Gasteiger partial charge in [0.2, 0.25) is 0 Å². The fraction of sp³-hybridized carbons (Fsp3) is 0.455. The van der Waals surface area contributed by atoms with Crippen molar-refractivity contribution in [2.24, 2.45) is 5.41 Å². The van der Waals surface area contributed by atoms with E-state index in [9.17, 15) is 0 Å². The van der Waals surface area contributed by atoms with Gasteiger partial charge in [-0.3, -0.25) is 0 Å². The van der Waals surface area contributed by atoms with Crippen molar-refractivity contribution in [3.8, 4) is 0 Å². The van der Waals surface area contributed by atoms with E-state index in [2.05, 4.69) is 19.3 Å². The van der Waals surface area contributed by atoms with Crippen LogP contribution in [0.4, 0.5) is 0 Å². The third-order valence-corrected chi connectivity index (χ3v) is 2.96. The minimum atomic E-state index is -0.0219. The average molecular weight is 248 g/mol. The monoisotopic (exact) mass is 247 g/mol. The fourth-order valence-corrected chi connectivity index (χ4v) is 1.80. The molecule has 0 aliphatic rings. The van der Waals surface area contributed by atoms with Crippen LogP contribution in [0.3, 0.4) is 0 Å². The topological polar surface area (TPSA) is 32.3 Å². The van der Waals surface area contributed by atoms with E-state index in [0.29, 0.717) is 16.6 Å². The number of halogens is 2. The van der Waals surface area contributed by atoms with Gasteiger partial charge in [-0.25, -0.2) is 5.48 Å². The quantitative estimate of drug-likeness (QED) is 0.799. The summed E-state index contributed by atoms with van der Waals surface area (Å²) in [4.78, 5) is 0. The molecule has 0 bridgehead atoms. The molecule has 4 heteroatoms. The molecule has 84 valence electrons. The molecular weight excluding hydrogens is 233 g/mol. The summed E-state index contributed by atoms with van der Waals surface area (Å²) in [6, 6.07) is 5.61. The molecule has 1 rings (SSSR count). The first-order chi connectivity index (χ1) is 6.94. The second-order valence-corrected chi connectivity index (χ2v) is 5.24. The molecular formula is C11H15Cl2NO. The molecule has 1 aromatic carbocycles. The highest BCUT2D eigenvalue weighted by atomic mass is 35.5. The Hall–Kier alpha value is -0.280. The Morgan fingerprint density at radius 1 is 1.27 bits per heavy atom. The van der Waals surface area contributed by atoms with Crippen molar-refractivity contribution >= 4 is 23.2 Å². The lowest BCUT2D eigenvalue weighted by molar-refractivity contribution is 0.124. The maximum atomic E-state index is 8.68. The molecule has 0 aliphatic heterocycles. The van der Waals surface area contributed by atoms with Crippen molar-refractivity contribution in [2.75, 3.05) is 6.54 Å². The van der Waals surface area contributed by atoms with E-state index in [1.807, 2.05) is 12.1 Å². The van der Waals surface area contributed by atoms with Gasteiger partial charge in [0, 0.05) is 6.54 Å². The molecule has 2 N–H and O–H groups in total. The van der Waals surface area contributed by atoms with E-state index in [1.165, 1.54) is 0 Å². The normalized spacial score (nSPS) is 11.8. The first-order valence-electron chi connectivity index (χ1n) is 4.75. The lowest BCUT2D eigenvalue weighted by Crippen LogP contribution is -2.29. The van der Waals surface area contributed by atoms with E-state index in [1.54, 1.807) is 6.07 Å². The van der Waals surface area contributed by atoms with Crippen molar-refractivity contribution < 1.29 is 5.21 Å². The van der Waals surface area contributed by atoms with Crippen molar-refractivity contribution in [3.05, 3.63) is 33.8 Å². The molecule has 0 amide bonds. The maximum absolute atomic E-state index is 8.68. The molecule has 0 heterocycles. The zero-order chi connectivity index (χ0) is 11.5. The number of nitrogens with one attached hydrogen (secondary N) is 1. The lowest BCUT2D eigenvalue weighted by Gasteiger charge is -2.23. The standard InChI is InChI=1S/C11H15Cl2NO/c1-11(2,7-14-15)6-8-3-4-9(12)10(13)5-8/h3-5,14-15H,6-7H2,1-2H3. The van der Waals surface area contributed by atoms with Gasteiger partial charge >= 0.3 is 0 Å². The van der Waals surface area contributed by atoms with Crippen LogP contribution in [-0.4, -0.2) is 11.8 Å². The molecule has 0 fully saturated rings. The van der Waals surface area contributed by atoms with E-state index in [4.69, 9.17) is 28.4 Å². The van der Waals surface area contributed by atoms with Crippen LogP contribution in [0.5, 0.6) is 0 Å². The van der Waals surface area contributed by atoms with E-state index < -0.39 is 0 Å². The Kier molecular flexibility index (Phi) is 4.41. The Labute approximate surface area is 100 Å². The van der Waals surface area contributed by atoms with Crippen molar-refractivity contribution in [1.29, 1.82) is 0 Å². The number of hydrogen-bond donors (Lipinski definition) is 2. The van der Waals surface area contributed by atoms with Gasteiger partial charge in [-0.1, -0.05) is 43.1 Å². The average Bonchev–Trinajstić information content (AvgIpc) is 2.10. The highest BCUT2D eigenvalue weighted by Gasteiger charge is 2.18. The molecule has 0 atom stereocenters. The summed E-state index contributed by atoms with van der Waals surface area (Å²) in [7, 11) is 0. The summed E-state index contributed by atoms with van der Waals surface area (Å²) < 4.78 is 0. The summed E-state index contributed by atoms with van der Waals surface area (Å²) in [5.74, 6) is 0. The largest absolute Gasteiger partial charge is 0.317 e. The smallest absolute Gasteiger partial charge is 0.0595 e. The molecule has 0 saturated heterocycles. The Bertz CT molecular complexity index is 339. The SMILES string of the molecule is CC(C)(CNO)Cc1ccc(Cl)c(Cl)c1. The molecule has 0 spiro atoms. The Balaban J connectivity index is 2.76. The predicted octanol–water partition coefficient (Wildman–Crippen LogP) is 3.54. The summed E-state index contributed by atoms with van der Waals surface area (Å²) in [5, 5.41) is 9.82. The van der Waals surface area contributed by atoms with Gasteiger partial charge in [-0.15, -0.1) is 0 Å². The predicted molar refractivity (Wildman–Crippen MR) is 63.7 cm³/mol. The fourth-order valence-electron chi connectivity index (χ4n) is 1.48. The second kappa shape index (κ2) is 5.17. The molecule has 0 radical (unpaired) electrons. The van der Waals surface area contributed by atoms with Crippen LogP contribution < -0.4 is 5.48 Å². The number of hydrogen-bond acceptors (Lipinski definition) is 2. The molecule has 0 aliphatic carbocycles. The second-order valence-electron chi connectivity index (χ2n) is 4.42. The first kappa shape index (κ1) is 12.8. The number of hydroxylamine groups is 1. The van der Waals surface area contributed by atoms with Crippen LogP contribution in [0.15, 0.2) is 18.2 Å². The molecule has 0 unspecified atom stereocenters. The van der Waals surface area contributed by atoms with E-state index in [0.717, 1.165) is 12.0 Å². The van der Waals surface area contributed by atoms with Gasteiger partial charge < -0.3 is 5.21 Å². The molecule has 0 saturated carbocycles. The molecule has 15 heavy (non-hydrogen) atoms. The van der Waals surface area contributed by atoms with Crippen LogP contribution in [0.25, 0.3) is 0 Å². The molecule has 0 aromatic heterocycles. The maximum Gasteiger partial charge on any atom is 0.0595 e. The highest BCUT2D eigenvalue weighted by Crippen LogP contribution is 2.27. The third kappa shape index (κ3) is 3.99. The molecule has 1 aromatic rings. The Morgan fingerprint density at radius 3 is 2.47 bits per heavy atom. The zero-order valence-corrected chi connectivity index (χ0v) is 10.4. The van der Waals surface area contributed by atoms with Crippen LogP contribution in [-0.2, 0) is 6.42 Å². The highest BCUT2D eigenvalue weighted by molar-refractivity contribution is 6.42.